The first kappa shape index (κ1) is 16.1. The molecule has 0 bridgehead atoms. The lowest BCUT2D eigenvalue weighted by Gasteiger charge is -2.11. The number of carbonyl (C=O) groups is 1. The lowest BCUT2D eigenvalue weighted by atomic mass is 10.2. The monoisotopic (exact) mass is 322 g/mol. The number of amides is 1. The Labute approximate surface area is 142 Å². The van der Waals surface area contributed by atoms with Crippen molar-refractivity contribution in [2.24, 2.45) is 0 Å². The third kappa shape index (κ3) is 3.77. The van der Waals surface area contributed by atoms with E-state index in [9.17, 15) is 4.79 Å². The highest BCUT2D eigenvalue weighted by atomic mass is 16.5. The van der Waals surface area contributed by atoms with E-state index in [2.05, 4.69) is 5.32 Å². The summed E-state index contributed by atoms with van der Waals surface area (Å²) < 4.78 is 7.78. The Morgan fingerprint density at radius 3 is 2.62 bits per heavy atom. The first-order valence-electron chi connectivity index (χ1n) is 8.18. The van der Waals surface area contributed by atoms with E-state index in [1.54, 1.807) is 0 Å². The molecule has 24 heavy (non-hydrogen) atoms. The molecule has 1 N–H and O–H groups in total. The Morgan fingerprint density at radius 2 is 1.88 bits per heavy atom. The van der Waals surface area contributed by atoms with Crippen molar-refractivity contribution in [1.29, 1.82) is 0 Å². The minimum atomic E-state index is -0.00784. The van der Waals surface area contributed by atoms with Crippen LogP contribution in [0.4, 0.5) is 0 Å². The number of hydrogen-bond acceptors (Lipinski definition) is 2. The molecule has 3 aromatic rings. The first-order valence-corrected chi connectivity index (χ1v) is 8.18. The summed E-state index contributed by atoms with van der Waals surface area (Å²) in [5, 5.41) is 3.99. The summed E-state index contributed by atoms with van der Waals surface area (Å²) in [4.78, 5) is 12.2. The summed E-state index contributed by atoms with van der Waals surface area (Å²) in [5.74, 6) is 0.845. The van der Waals surface area contributed by atoms with Gasteiger partial charge in [0.1, 0.15) is 12.3 Å². The smallest absolute Gasteiger partial charge is 0.240 e. The summed E-state index contributed by atoms with van der Waals surface area (Å²) in [6, 6.07) is 17.8. The molecule has 0 aliphatic heterocycles. The van der Waals surface area contributed by atoms with Crippen LogP contribution in [0.15, 0.2) is 60.8 Å². The number of hydrogen-bond donors (Lipinski definition) is 1. The van der Waals surface area contributed by atoms with Gasteiger partial charge in [0.05, 0.1) is 11.6 Å². The van der Waals surface area contributed by atoms with Crippen molar-refractivity contribution < 1.29 is 9.53 Å². The average molecular weight is 322 g/mol. The van der Waals surface area contributed by atoms with Crippen LogP contribution in [-0.2, 0) is 17.9 Å². The van der Waals surface area contributed by atoms with Crippen LogP contribution in [0.3, 0.4) is 0 Å². The second-order valence-corrected chi connectivity index (χ2v) is 6.06. The molecule has 0 aliphatic carbocycles. The van der Waals surface area contributed by atoms with Gasteiger partial charge in [0, 0.05) is 18.1 Å². The van der Waals surface area contributed by atoms with Crippen LogP contribution in [0, 0.1) is 0 Å². The molecule has 0 saturated heterocycles. The summed E-state index contributed by atoms with van der Waals surface area (Å²) in [6.45, 7) is 4.85. The average Bonchev–Trinajstić information content (AvgIpc) is 2.98. The molecular weight excluding hydrogens is 300 g/mol. The fourth-order valence-corrected chi connectivity index (χ4v) is 2.70. The number of fused-ring (bicyclic) bond motifs is 1. The summed E-state index contributed by atoms with van der Waals surface area (Å²) >= 11 is 0. The third-order valence-electron chi connectivity index (χ3n) is 3.78. The molecule has 1 heterocycles. The van der Waals surface area contributed by atoms with E-state index >= 15 is 0 Å². The van der Waals surface area contributed by atoms with Crippen LogP contribution in [0.1, 0.15) is 19.4 Å². The second-order valence-electron chi connectivity index (χ2n) is 6.06. The molecule has 0 atom stereocenters. The van der Waals surface area contributed by atoms with Crippen molar-refractivity contribution in [2.75, 3.05) is 0 Å². The summed E-state index contributed by atoms with van der Waals surface area (Å²) in [5.41, 5.74) is 2.10. The van der Waals surface area contributed by atoms with Crippen molar-refractivity contribution in [1.82, 2.24) is 9.88 Å². The summed E-state index contributed by atoms with van der Waals surface area (Å²) in [7, 11) is 0. The van der Waals surface area contributed by atoms with Crippen LogP contribution < -0.4 is 10.1 Å². The van der Waals surface area contributed by atoms with Crippen molar-refractivity contribution in [2.45, 2.75) is 33.0 Å². The molecule has 0 aliphatic rings. The molecule has 124 valence electrons. The van der Waals surface area contributed by atoms with Gasteiger partial charge in [-0.25, -0.2) is 0 Å². The van der Waals surface area contributed by atoms with E-state index in [0.29, 0.717) is 13.1 Å². The molecule has 0 unspecified atom stereocenters. The number of rotatable bonds is 6. The summed E-state index contributed by atoms with van der Waals surface area (Å²) in [6.07, 6.45) is 2.05. The van der Waals surface area contributed by atoms with Gasteiger partial charge in [0.25, 0.3) is 0 Å². The topological polar surface area (TPSA) is 43.3 Å². The number of aromatic nitrogens is 1. The van der Waals surface area contributed by atoms with Crippen LogP contribution in [0.5, 0.6) is 5.75 Å². The highest BCUT2D eigenvalue weighted by Gasteiger charge is 2.10. The van der Waals surface area contributed by atoms with Crippen LogP contribution >= 0.6 is 0 Å². The molecule has 0 radical (unpaired) electrons. The predicted molar refractivity (Wildman–Crippen MR) is 96.0 cm³/mol. The van der Waals surface area contributed by atoms with Crippen molar-refractivity contribution >= 4 is 16.8 Å². The molecule has 2 aromatic carbocycles. The number of nitrogens with one attached hydrogen (secondary N) is 1. The zero-order valence-electron chi connectivity index (χ0n) is 14.0. The predicted octanol–water partition coefficient (Wildman–Crippen LogP) is 3.74. The van der Waals surface area contributed by atoms with Gasteiger partial charge >= 0.3 is 0 Å². The largest absolute Gasteiger partial charge is 0.490 e. The van der Waals surface area contributed by atoms with Crippen molar-refractivity contribution in [3.8, 4) is 5.75 Å². The molecular formula is C20H22N2O2. The van der Waals surface area contributed by atoms with E-state index in [-0.39, 0.29) is 12.0 Å². The number of ether oxygens (including phenoxy) is 1. The Hall–Kier alpha value is -2.75. The van der Waals surface area contributed by atoms with Crippen molar-refractivity contribution in [3.05, 3.63) is 66.4 Å². The molecule has 4 nitrogen and oxygen atoms in total. The Balaban J connectivity index is 1.70. The third-order valence-corrected chi connectivity index (χ3v) is 3.78. The molecule has 0 spiro atoms. The van der Waals surface area contributed by atoms with Crippen LogP contribution in [0.2, 0.25) is 0 Å². The van der Waals surface area contributed by atoms with Gasteiger partial charge in [-0.1, -0.05) is 36.4 Å². The lowest BCUT2D eigenvalue weighted by Crippen LogP contribution is -2.26. The minimum absolute atomic E-state index is 0.00784. The molecule has 3 rings (SSSR count). The Bertz CT molecular complexity index is 822. The number of nitrogens with zero attached hydrogens (tertiary/aromatic N) is 1. The van der Waals surface area contributed by atoms with E-state index in [1.807, 2.05) is 79.2 Å². The van der Waals surface area contributed by atoms with Crippen LogP contribution in [-0.4, -0.2) is 16.6 Å². The molecule has 1 aromatic heterocycles. The highest BCUT2D eigenvalue weighted by Crippen LogP contribution is 2.27. The van der Waals surface area contributed by atoms with Gasteiger partial charge in [-0.05, 0) is 37.6 Å². The zero-order valence-corrected chi connectivity index (χ0v) is 14.0. The van der Waals surface area contributed by atoms with E-state index in [1.165, 1.54) is 0 Å². The van der Waals surface area contributed by atoms with Gasteiger partial charge in [-0.2, -0.15) is 0 Å². The minimum Gasteiger partial charge on any atom is -0.490 e. The maximum Gasteiger partial charge on any atom is 0.240 e. The number of carbonyl (C=O) groups excluding carboxylic acids is 1. The molecule has 0 saturated carbocycles. The molecule has 1 amide bonds. The lowest BCUT2D eigenvalue weighted by molar-refractivity contribution is -0.121. The van der Waals surface area contributed by atoms with Gasteiger partial charge < -0.3 is 14.6 Å². The second kappa shape index (κ2) is 7.21. The molecule has 0 fully saturated rings. The van der Waals surface area contributed by atoms with E-state index in [4.69, 9.17) is 4.74 Å². The van der Waals surface area contributed by atoms with E-state index in [0.717, 1.165) is 22.2 Å². The fourth-order valence-electron chi connectivity index (χ4n) is 2.70. The maximum absolute atomic E-state index is 12.2. The standard InChI is InChI=1S/C20H22N2O2/c1-15(2)24-19-10-6-9-18-17(19)11-12-22(18)14-20(23)21-13-16-7-4-3-5-8-16/h3-12,15H,13-14H2,1-2H3,(H,21,23). The number of benzene rings is 2. The van der Waals surface area contributed by atoms with Gasteiger partial charge in [0.15, 0.2) is 0 Å². The quantitative estimate of drug-likeness (QED) is 0.751. The normalized spacial score (nSPS) is 11.0. The Kier molecular flexibility index (Phi) is 4.85. The maximum atomic E-state index is 12.2. The van der Waals surface area contributed by atoms with Crippen molar-refractivity contribution in [3.63, 3.8) is 0 Å². The molecule has 4 heteroatoms. The van der Waals surface area contributed by atoms with Crippen LogP contribution in [0.25, 0.3) is 10.9 Å². The fraction of sp³-hybridized carbons (Fsp3) is 0.250. The van der Waals surface area contributed by atoms with Gasteiger partial charge in [0.2, 0.25) is 5.91 Å². The van der Waals surface area contributed by atoms with Gasteiger partial charge in [-0.3, -0.25) is 4.79 Å². The van der Waals surface area contributed by atoms with E-state index < -0.39 is 0 Å². The highest BCUT2D eigenvalue weighted by molar-refractivity contribution is 5.88. The zero-order chi connectivity index (χ0) is 16.9. The first-order chi connectivity index (χ1) is 11.6. The Morgan fingerprint density at radius 1 is 1.08 bits per heavy atom. The van der Waals surface area contributed by atoms with Gasteiger partial charge in [-0.15, -0.1) is 0 Å². The SMILES string of the molecule is CC(C)Oc1cccc2c1ccn2CC(=O)NCc1ccccc1.